The lowest BCUT2D eigenvalue weighted by atomic mass is 10.3. The maximum Gasteiger partial charge on any atom is 0.368 e. The van der Waals surface area contributed by atoms with Crippen LogP contribution >= 0.6 is 0 Å². The molecular weight excluding hydrogens is 306 g/mol. The standard InChI is InChI=1S/C13H13N5O3S/c1-7-8(2)16-17-12(7)18(3)22(20,21)9-4-5-10-11(6-9)15-13(19)14-10/h4-6H,1-3H3,(H,16,17). The van der Waals surface area contributed by atoms with Crippen LogP contribution in [0.5, 0.6) is 0 Å². The van der Waals surface area contributed by atoms with Crippen LogP contribution in [0.4, 0.5) is 10.6 Å². The van der Waals surface area contributed by atoms with Crippen molar-refractivity contribution < 1.29 is 13.2 Å². The summed E-state index contributed by atoms with van der Waals surface area (Å²) in [6.45, 7) is 3.60. The molecule has 1 N–H and O–H groups in total. The minimum absolute atomic E-state index is 0.0300. The Labute approximate surface area is 126 Å². The summed E-state index contributed by atoms with van der Waals surface area (Å²) in [6.07, 6.45) is 0. The highest BCUT2D eigenvalue weighted by Crippen LogP contribution is 2.23. The molecule has 0 unspecified atom stereocenters. The van der Waals surface area contributed by atoms with Crippen molar-refractivity contribution in [2.45, 2.75) is 18.7 Å². The zero-order chi connectivity index (χ0) is 16.1. The van der Waals surface area contributed by atoms with Crippen molar-refractivity contribution in [2.75, 3.05) is 11.4 Å². The molecule has 2 amide bonds. The number of urea groups is 1. The number of nitrogens with one attached hydrogen (secondary N) is 1. The number of anilines is 1. The van der Waals surface area contributed by atoms with Gasteiger partial charge in [0.15, 0.2) is 5.82 Å². The fourth-order valence-electron chi connectivity index (χ4n) is 2.13. The molecule has 1 aromatic carbocycles. The molecule has 9 heteroatoms. The van der Waals surface area contributed by atoms with Crippen LogP contribution in [0.1, 0.15) is 11.3 Å². The minimum Gasteiger partial charge on any atom is -0.280 e. The van der Waals surface area contributed by atoms with E-state index in [1.54, 1.807) is 6.92 Å². The first-order valence-electron chi connectivity index (χ1n) is 6.42. The van der Waals surface area contributed by atoms with Gasteiger partial charge in [-0.3, -0.25) is 9.40 Å². The van der Waals surface area contributed by atoms with Crippen molar-refractivity contribution in [1.82, 2.24) is 10.2 Å². The lowest BCUT2D eigenvalue weighted by Crippen LogP contribution is -2.30. The second-order valence-electron chi connectivity index (χ2n) is 4.93. The number of hydrogen-bond acceptors (Lipinski definition) is 4. The Bertz CT molecular complexity index is 1010. The number of aryl methyl sites for hydroxylation is 1. The summed E-state index contributed by atoms with van der Waals surface area (Å²) in [5.41, 5.74) is 1.55. The third-order valence-electron chi connectivity index (χ3n) is 3.56. The van der Waals surface area contributed by atoms with Crippen LogP contribution in [0, 0.1) is 13.8 Å². The molecule has 1 aromatic heterocycles. The molecule has 0 bridgehead atoms. The van der Waals surface area contributed by atoms with Gasteiger partial charge in [0.25, 0.3) is 10.0 Å². The van der Waals surface area contributed by atoms with Crippen LogP contribution in [0.3, 0.4) is 0 Å². The molecule has 2 aromatic rings. The zero-order valence-electron chi connectivity index (χ0n) is 12.2. The van der Waals surface area contributed by atoms with Crippen molar-refractivity contribution in [3.05, 3.63) is 40.2 Å². The SMILES string of the molecule is Cc1[nH]nc(N(C)S(=O)(=O)c2ccc3c(c2)=NC(=O)N=3)c1C. The highest BCUT2D eigenvalue weighted by Gasteiger charge is 2.25. The molecule has 1 aliphatic heterocycles. The molecular formula is C13H13N5O3S. The van der Waals surface area contributed by atoms with Gasteiger partial charge >= 0.3 is 6.03 Å². The Morgan fingerprint density at radius 1 is 1.14 bits per heavy atom. The summed E-state index contributed by atoms with van der Waals surface area (Å²) in [5, 5.41) is 7.40. The van der Waals surface area contributed by atoms with Crippen molar-refractivity contribution in [1.29, 1.82) is 0 Å². The Balaban J connectivity index is 2.10. The van der Waals surface area contributed by atoms with Crippen LogP contribution in [-0.4, -0.2) is 31.7 Å². The molecule has 114 valence electrons. The maximum atomic E-state index is 12.7. The summed E-state index contributed by atoms with van der Waals surface area (Å²) < 4.78 is 26.5. The Hall–Kier alpha value is -2.55. The van der Waals surface area contributed by atoms with Gasteiger partial charge in [-0.15, -0.1) is 0 Å². The van der Waals surface area contributed by atoms with Crippen molar-refractivity contribution in [2.24, 2.45) is 9.98 Å². The summed E-state index contributed by atoms with van der Waals surface area (Å²) in [5.74, 6) is 0.329. The molecule has 0 radical (unpaired) electrons. The van der Waals surface area contributed by atoms with E-state index in [0.29, 0.717) is 11.2 Å². The van der Waals surface area contributed by atoms with E-state index >= 15 is 0 Å². The molecule has 3 rings (SSSR count). The number of nitrogens with zero attached hydrogens (tertiary/aromatic N) is 4. The van der Waals surface area contributed by atoms with Gasteiger partial charge in [-0.1, -0.05) is 0 Å². The number of rotatable bonds is 3. The maximum absolute atomic E-state index is 12.7. The highest BCUT2D eigenvalue weighted by molar-refractivity contribution is 7.92. The van der Waals surface area contributed by atoms with Gasteiger partial charge in [0.1, 0.15) is 0 Å². The Kier molecular flexibility index (Phi) is 3.10. The molecule has 0 saturated heterocycles. The molecule has 22 heavy (non-hydrogen) atoms. The number of fused-ring (bicyclic) bond motifs is 1. The van der Waals surface area contributed by atoms with Crippen molar-refractivity contribution in [3.63, 3.8) is 0 Å². The predicted octanol–water partition coefficient (Wildman–Crippen LogP) is 0.224. The van der Waals surface area contributed by atoms with E-state index in [2.05, 4.69) is 20.2 Å². The molecule has 0 aliphatic carbocycles. The van der Waals surface area contributed by atoms with Gasteiger partial charge in [0, 0.05) is 18.3 Å². The van der Waals surface area contributed by atoms with Gasteiger partial charge in [-0.2, -0.15) is 15.1 Å². The zero-order valence-corrected chi connectivity index (χ0v) is 13.0. The molecule has 0 spiro atoms. The van der Waals surface area contributed by atoms with E-state index in [4.69, 9.17) is 0 Å². The fraction of sp³-hybridized carbons (Fsp3) is 0.231. The summed E-state index contributed by atoms with van der Waals surface area (Å²) >= 11 is 0. The quantitative estimate of drug-likeness (QED) is 0.873. The van der Waals surface area contributed by atoms with Crippen LogP contribution in [0.2, 0.25) is 0 Å². The first-order chi connectivity index (χ1) is 10.3. The number of hydrogen-bond donors (Lipinski definition) is 1. The van der Waals surface area contributed by atoms with Gasteiger partial charge < -0.3 is 0 Å². The summed E-state index contributed by atoms with van der Waals surface area (Å²) in [4.78, 5) is 18.5. The van der Waals surface area contributed by atoms with Crippen molar-refractivity contribution in [3.8, 4) is 0 Å². The van der Waals surface area contributed by atoms with Crippen LogP contribution in [0.25, 0.3) is 0 Å². The average molecular weight is 319 g/mol. The van der Waals surface area contributed by atoms with Gasteiger partial charge in [0.2, 0.25) is 0 Å². The smallest absolute Gasteiger partial charge is 0.280 e. The van der Waals surface area contributed by atoms with Gasteiger partial charge in [0.05, 0.1) is 15.6 Å². The van der Waals surface area contributed by atoms with Crippen LogP contribution in [-0.2, 0) is 10.0 Å². The number of carbonyl (C=O) groups excluding carboxylic acids is 1. The van der Waals surface area contributed by atoms with E-state index in [0.717, 1.165) is 15.6 Å². The molecule has 1 aliphatic rings. The third-order valence-corrected chi connectivity index (χ3v) is 5.31. The largest absolute Gasteiger partial charge is 0.368 e. The second-order valence-corrected chi connectivity index (χ2v) is 6.90. The average Bonchev–Trinajstić information content (AvgIpc) is 3.00. The Morgan fingerprint density at radius 3 is 2.45 bits per heavy atom. The number of amides is 2. The third kappa shape index (κ3) is 2.10. The molecule has 0 atom stereocenters. The number of benzene rings is 1. The molecule has 8 nitrogen and oxygen atoms in total. The lowest BCUT2D eigenvalue weighted by Gasteiger charge is -2.17. The summed E-state index contributed by atoms with van der Waals surface area (Å²) in [7, 11) is -2.37. The summed E-state index contributed by atoms with van der Waals surface area (Å²) in [6, 6.07) is 3.57. The van der Waals surface area contributed by atoms with Crippen molar-refractivity contribution >= 4 is 21.9 Å². The van der Waals surface area contributed by atoms with Gasteiger partial charge in [-0.25, -0.2) is 13.2 Å². The second kappa shape index (κ2) is 4.73. The number of aromatic nitrogens is 2. The number of sulfonamides is 1. The number of carbonyl (C=O) groups is 1. The Morgan fingerprint density at radius 2 is 1.82 bits per heavy atom. The van der Waals surface area contributed by atoms with E-state index in [1.807, 2.05) is 6.92 Å². The molecule has 0 fully saturated rings. The van der Waals surface area contributed by atoms with Gasteiger partial charge in [-0.05, 0) is 32.0 Å². The highest BCUT2D eigenvalue weighted by atomic mass is 32.2. The predicted molar refractivity (Wildman–Crippen MR) is 77.8 cm³/mol. The normalized spacial score (nSPS) is 13.5. The lowest BCUT2D eigenvalue weighted by molar-refractivity contribution is 0.256. The monoisotopic (exact) mass is 319 g/mol. The van der Waals surface area contributed by atoms with E-state index in [9.17, 15) is 13.2 Å². The van der Waals surface area contributed by atoms with Crippen LogP contribution in [0.15, 0.2) is 33.1 Å². The molecule has 0 saturated carbocycles. The fourth-order valence-corrected chi connectivity index (χ4v) is 3.35. The van der Waals surface area contributed by atoms with E-state index < -0.39 is 16.1 Å². The van der Waals surface area contributed by atoms with Crippen LogP contribution < -0.4 is 15.0 Å². The molecule has 2 heterocycles. The first-order valence-corrected chi connectivity index (χ1v) is 7.86. The van der Waals surface area contributed by atoms with E-state index in [-0.39, 0.29) is 10.3 Å². The number of aromatic amines is 1. The topological polar surface area (TPSA) is 108 Å². The minimum atomic E-state index is -3.80. The van der Waals surface area contributed by atoms with E-state index in [1.165, 1.54) is 25.2 Å². The number of H-pyrrole nitrogens is 1. The first kappa shape index (κ1) is 14.4.